The summed E-state index contributed by atoms with van der Waals surface area (Å²) in [4.78, 5) is 32.8. The van der Waals surface area contributed by atoms with Crippen LogP contribution in [0, 0.1) is 27.7 Å². The van der Waals surface area contributed by atoms with E-state index in [0.29, 0.717) is 16.5 Å². The Labute approximate surface area is 179 Å². The molecule has 0 saturated carbocycles. The molecule has 0 bridgehead atoms. The molecule has 0 saturated heterocycles. The number of hydrogen-bond acceptors (Lipinski definition) is 7. The van der Waals surface area contributed by atoms with Crippen LogP contribution < -0.4 is 5.32 Å². The fourth-order valence-electron chi connectivity index (χ4n) is 2.89. The number of carbonyl (C=O) groups is 2. The van der Waals surface area contributed by atoms with Gasteiger partial charge in [-0.2, -0.15) is 5.10 Å². The van der Waals surface area contributed by atoms with E-state index < -0.39 is 11.9 Å². The summed E-state index contributed by atoms with van der Waals surface area (Å²) in [5.74, 6) is -0.902. The number of aryl methyl sites for hydroxylation is 3. The summed E-state index contributed by atoms with van der Waals surface area (Å²) in [6, 6.07) is 11.5. The van der Waals surface area contributed by atoms with Crippen molar-refractivity contribution in [3.63, 3.8) is 0 Å². The van der Waals surface area contributed by atoms with Crippen LogP contribution in [0.3, 0.4) is 0 Å². The third-order valence-electron chi connectivity index (χ3n) is 4.20. The molecule has 1 amide bonds. The van der Waals surface area contributed by atoms with Gasteiger partial charge in [-0.1, -0.05) is 30.0 Å². The Morgan fingerprint density at radius 1 is 1.07 bits per heavy atom. The normalized spacial score (nSPS) is 10.7. The Kier molecular flexibility index (Phi) is 6.83. The van der Waals surface area contributed by atoms with Gasteiger partial charge in [0.2, 0.25) is 0 Å². The lowest BCUT2D eigenvalue weighted by Gasteiger charge is -2.08. The summed E-state index contributed by atoms with van der Waals surface area (Å²) in [5, 5.41) is 7.77. The van der Waals surface area contributed by atoms with Gasteiger partial charge in [0.1, 0.15) is 0 Å². The van der Waals surface area contributed by atoms with Crippen molar-refractivity contribution in [1.29, 1.82) is 0 Å². The van der Waals surface area contributed by atoms with Gasteiger partial charge in [-0.25, -0.2) is 14.6 Å². The molecule has 0 aliphatic heterocycles. The van der Waals surface area contributed by atoms with Gasteiger partial charge in [-0.3, -0.25) is 9.59 Å². The van der Waals surface area contributed by atoms with E-state index in [1.807, 2.05) is 64.1 Å². The van der Waals surface area contributed by atoms with Crippen molar-refractivity contribution in [2.45, 2.75) is 32.9 Å². The minimum Gasteiger partial charge on any atom is -0.455 e. The number of rotatable bonds is 7. The molecule has 9 heteroatoms. The smallest absolute Gasteiger partial charge is 0.316 e. The van der Waals surface area contributed by atoms with Crippen LogP contribution >= 0.6 is 11.8 Å². The van der Waals surface area contributed by atoms with Crippen LogP contribution in [0.4, 0.5) is 5.69 Å². The molecule has 0 radical (unpaired) electrons. The Morgan fingerprint density at radius 3 is 2.40 bits per heavy atom. The highest BCUT2D eigenvalue weighted by atomic mass is 32.2. The van der Waals surface area contributed by atoms with E-state index in [9.17, 15) is 9.59 Å². The van der Waals surface area contributed by atoms with Gasteiger partial charge < -0.3 is 10.1 Å². The Bertz CT molecular complexity index is 1050. The zero-order chi connectivity index (χ0) is 21.7. The molecule has 2 aromatic heterocycles. The summed E-state index contributed by atoms with van der Waals surface area (Å²) in [5.41, 5.74) is 4.65. The van der Waals surface area contributed by atoms with Crippen LogP contribution in [0.25, 0.3) is 5.69 Å². The summed E-state index contributed by atoms with van der Waals surface area (Å²) < 4.78 is 6.84. The molecule has 0 unspecified atom stereocenters. The second kappa shape index (κ2) is 9.53. The molecule has 2 heterocycles. The van der Waals surface area contributed by atoms with E-state index in [1.54, 1.807) is 4.68 Å². The van der Waals surface area contributed by atoms with Crippen LogP contribution in [0.15, 0.2) is 41.6 Å². The topological polar surface area (TPSA) is 99.0 Å². The lowest BCUT2D eigenvalue weighted by atomic mass is 10.3. The number of thioether (sulfide) groups is 1. The van der Waals surface area contributed by atoms with E-state index >= 15 is 0 Å². The van der Waals surface area contributed by atoms with Crippen molar-refractivity contribution in [3.8, 4) is 5.69 Å². The average molecular weight is 426 g/mol. The zero-order valence-corrected chi connectivity index (χ0v) is 18.1. The maximum atomic E-state index is 12.3. The summed E-state index contributed by atoms with van der Waals surface area (Å²) in [7, 11) is 0. The van der Waals surface area contributed by atoms with Gasteiger partial charge in [0.25, 0.3) is 5.91 Å². The third kappa shape index (κ3) is 5.44. The number of nitrogens with zero attached hydrogens (tertiary/aromatic N) is 4. The van der Waals surface area contributed by atoms with Crippen LogP contribution in [-0.2, 0) is 14.3 Å². The van der Waals surface area contributed by atoms with Crippen LogP contribution in [-0.4, -0.2) is 44.0 Å². The van der Waals surface area contributed by atoms with Crippen LogP contribution in [0.2, 0.25) is 0 Å². The maximum Gasteiger partial charge on any atom is 0.316 e. The summed E-state index contributed by atoms with van der Waals surface area (Å²) in [6.45, 7) is 7.04. The standard InChI is InChI=1S/C21H23N5O3S/c1-13-10-14(2)23-21(22-13)30-12-19(28)29-11-18(27)24-20-15(3)25-26(16(20)4)17-8-6-5-7-9-17/h5-10H,11-12H2,1-4H3,(H,24,27). The molecule has 0 fully saturated rings. The second-order valence-corrected chi connectivity index (χ2v) is 7.67. The molecule has 156 valence electrons. The third-order valence-corrected chi connectivity index (χ3v) is 5.02. The first-order chi connectivity index (χ1) is 14.3. The lowest BCUT2D eigenvalue weighted by Crippen LogP contribution is -2.22. The predicted molar refractivity (Wildman–Crippen MR) is 115 cm³/mol. The molecule has 0 atom stereocenters. The van der Waals surface area contributed by atoms with Crippen molar-refractivity contribution in [3.05, 3.63) is 59.2 Å². The monoisotopic (exact) mass is 425 g/mol. The minimum atomic E-state index is -0.508. The quantitative estimate of drug-likeness (QED) is 0.353. The van der Waals surface area contributed by atoms with Crippen molar-refractivity contribution < 1.29 is 14.3 Å². The number of benzene rings is 1. The highest BCUT2D eigenvalue weighted by molar-refractivity contribution is 7.99. The SMILES string of the molecule is Cc1cc(C)nc(SCC(=O)OCC(=O)Nc2c(C)nn(-c3ccccc3)c2C)n1. The number of ether oxygens (including phenoxy) is 1. The number of para-hydroxylation sites is 1. The van der Waals surface area contributed by atoms with Crippen molar-refractivity contribution in [1.82, 2.24) is 19.7 Å². The number of nitrogens with one attached hydrogen (secondary N) is 1. The molecule has 0 aliphatic carbocycles. The number of hydrogen-bond donors (Lipinski definition) is 1. The molecule has 1 N–H and O–H groups in total. The van der Waals surface area contributed by atoms with Gasteiger partial charge in [-0.15, -0.1) is 0 Å². The van der Waals surface area contributed by atoms with Gasteiger partial charge in [0.05, 0.1) is 28.5 Å². The van der Waals surface area contributed by atoms with Crippen LogP contribution in [0.5, 0.6) is 0 Å². The Balaban J connectivity index is 1.53. The molecule has 0 spiro atoms. The highest BCUT2D eigenvalue weighted by Crippen LogP contribution is 2.22. The molecular weight excluding hydrogens is 402 g/mol. The van der Waals surface area contributed by atoms with E-state index in [0.717, 1.165) is 22.8 Å². The predicted octanol–water partition coefficient (Wildman–Crippen LogP) is 3.17. The van der Waals surface area contributed by atoms with E-state index in [4.69, 9.17) is 4.74 Å². The summed E-state index contributed by atoms with van der Waals surface area (Å²) >= 11 is 1.18. The molecular formula is C21H23N5O3S. The second-order valence-electron chi connectivity index (χ2n) is 6.72. The average Bonchev–Trinajstić information content (AvgIpc) is 2.99. The number of anilines is 1. The number of carbonyl (C=O) groups excluding carboxylic acids is 2. The molecule has 30 heavy (non-hydrogen) atoms. The molecule has 1 aromatic carbocycles. The van der Waals surface area contributed by atoms with Crippen LogP contribution in [0.1, 0.15) is 22.8 Å². The Hall–Kier alpha value is -3.20. The van der Waals surface area contributed by atoms with Gasteiger partial charge >= 0.3 is 5.97 Å². The highest BCUT2D eigenvalue weighted by Gasteiger charge is 2.16. The number of aromatic nitrogens is 4. The van der Waals surface area contributed by atoms with Gasteiger partial charge in [-0.05, 0) is 45.9 Å². The number of esters is 1. The molecule has 8 nitrogen and oxygen atoms in total. The van der Waals surface area contributed by atoms with Crippen molar-refractivity contribution in [2.75, 3.05) is 17.7 Å². The fraction of sp³-hybridized carbons (Fsp3) is 0.286. The largest absolute Gasteiger partial charge is 0.455 e. The van der Waals surface area contributed by atoms with E-state index in [1.165, 1.54) is 11.8 Å². The van der Waals surface area contributed by atoms with Gasteiger partial charge in [0.15, 0.2) is 11.8 Å². The summed E-state index contributed by atoms with van der Waals surface area (Å²) in [6.07, 6.45) is 0. The molecule has 3 rings (SSSR count). The minimum absolute atomic E-state index is 0.0279. The lowest BCUT2D eigenvalue weighted by molar-refractivity contribution is -0.144. The van der Waals surface area contributed by atoms with Crippen molar-refractivity contribution in [2.24, 2.45) is 0 Å². The number of amides is 1. The van der Waals surface area contributed by atoms with Crippen molar-refractivity contribution >= 4 is 29.3 Å². The molecule has 0 aliphatic rings. The van der Waals surface area contributed by atoms with E-state index in [-0.39, 0.29) is 12.4 Å². The van der Waals surface area contributed by atoms with Gasteiger partial charge in [0, 0.05) is 11.4 Å². The first-order valence-electron chi connectivity index (χ1n) is 9.35. The van der Waals surface area contributed by atoms with E-state index in [2.05, 4.69) is 20.4 Å². The maximum absolute atomic E-state index is 12.3. The molecule has 3 aromatic rings. The first kappa shape index (κ1) is 21.5. The zero-order valence-electron chi connectivity index (χ0n) is 17.3. The fourth-order valence-corrected chi connectivity index (χ4v) is 3.64. The first-order valence-corrected chi connectivity index (χ1v) is 10.3. The Morgan fingerprint density at radius 2 is 1.73 bits per heavy atom.